The van der Waals surface area contributed by atoms with Crippen LogP contribution >= 0.6 is 11.3 Å². The molecule has 3 aromatic rings. The van der Waals surface area contributed by atoms with Gasteiger partial charge < -0.3 is 14.5 Å². The summed E-state index contributed by atoms with van der Waals surface area (Å²) in [5, 5.41) is 0.595. The van der Waals surface area contributed by atoms with Crippen molar-refractivity contribution in [1.29, 1.82) is 0 Å². The maximum atomic E-state index is 12.2. The molecule has 7 heteroatoms. The molecule has 0 aliphatic carbocycles. The Hall–Kier alpha value is -3.19. The molecular formula is C21H20N2O4S. The van der Waals surface area contributed by atoms with Gasteiger partial charge in [0.05, 0.1) is 5.39 Å². The summed E-state index contributed by atoms with van der Waals surface area (Å²) in [7, 11) is 0. The van der Waals surface area contributed by atoms with Gasteiger partial charge in [-0.1, -0.05) is 24.8 Å². The number of carbonyl (C=O) groups is 1. The van der Waals surface area contributed by atoms with Gasteiger partial charge in [-0.3, -0.25) is 4.79 Å². The fourth-order valence-electron chi connectivity index (χ4n) is 2.55. The Morgan fingerprint density at radius 2 is 2.04 bits per heavy atom. The van der Waals surface area contributed by atoms with Crippen LogP contribution in [0.5, 0.6) is 5.75 Å². The molecule has 28 heavy (non-hydrogen) atoms. The number of aromatic nitrogens is 2. The van der Waals surface area contributed by atoms with Crippen LogP contribution < -0.4 is 10.3 Å². The van der Waals surface area contributed by atoms with E-state index in [1.54, 1.807) is 12.2 Å². The molecule has 2 aromatic heterocycles. The molecule has 6 nitrogen and oxygen atoms in total. The van der Waals surface area contributed by atoms with Gasteiger partial charge in [0.15, 0.2) is 0 Å². The number of hydrogen-bond acceptors (Lipinski definition) is 6. The second-order valence-electron chi connectivity index (χ2n) is 6.09. The fourth-order valence-corrected chi connectivity index (χ4v) is 3.60. The van der Waals surface area contributed by atoms with Crippen molar-refractivity contribution < 1.29 is 14.3 Å². The Balaban J connectivity index is 1.61. The molecule has 2 heterocycles. The largest absolute Gasteiger partial charge is 0.490 e. The van der Waals surface area contributed by atoms with Crippen molar-refractivity contribution in [2.75, 3.05) is 6.61 Å². The average Bonchev–Trinajstić information content (AvgIpc) is 2.98. The highest BCUT2D eigenvalue weighted by Crippen LogP contribution is 2.25. The molecular weight excluding hydrogens is 376 g/mol. The highest BCUT2D eigenvalue weighted by atomic mass is 32.1. The predicted octanol–water partition coefficient (Wildman–Crippen LogP) is 3.92. The van der Waals surface area contributed by atoms with Crippen LogP contribution in [0.3, 0.4) is 0 Å². The van der Waals surface area contributed by atoms with E-state index in [2.05, 4.69) is 16.5 Å². The van der Waals surface area contributed by atoms with Crippen molar-refractivity contribution in [2.45, 2.75) is 20.5 Å². The van der Waals surface area contributed by atoms with Gasteiger partial charge in [0.1, 0.15) is 29.6 Å². The molecule has 1 aromatic carbocycles. The molecule has 0 fully saturated rings. The molecule has 0 saturated heterocycles. The molecule has 1 N–H and O–H groups in total. The van der Waals surface area contributed by atoms with Gasteiger partial charge in [0.2, 0.25) is 0 Å². The quantitative estimate of drug-likeness (QED) is 0.372. The summed E-state index contributed by atoms with van der Waals surface area (Å²) >= 11 is 1.45. The smallest absolute Gasteiger partial charge is 0.331 e. The molecule has 0 aliphatic rings. The predicted molar refractivity (Wildman–Crippen MR) is 111 cm³/mol. The molecule has 144 valence electrons. The van der Waals surface area contributed by atoms with E-state index in [-0.39, 0.29) is 12.2 Å². The molecule has 0 atom stereocenters. The van der Waals surface area contributed by atoms with Crippen molar-refractivity contribution in [1.82, 2.24) is 9.97 Å². The van der Waals surface area contributed by atoms with E-state index in [1.807, 2.05) is 38.1 Å². The number of ether oxygens (including phenoxy) is 2. The van der Waals surface area contributed by atoms with Gasteiger partial charge in [-0.2, -0.15) is 0 Å². The number of benzene rings is 1. The first-order valence-electron chi connectivity index (χ1n) is 8.65. The Morgan fingerprint density at radius 1 is 1.29 bits per heavy atom. The molecule has 3 rings (SSSR count). The van der Waals surface area contributed by atoms with Crippen LogP contribution in [0, 0.1) is 13.8 Å². The number of aromatic amines is 1. The molecule has 0 unspecified atom stereocenters. The van der Waals surface area contributed by atoms with E-state index in [0.29, 0.717) is 22.6 Å². The zero-order valence-corrected chi connectivity index (χ0v) is 16.5. The Kier molecular flexibility index (Phi) is 6.06. The number of fused-ring (bicyclic) bond motifs is 1. The highest BCUT2D eigenvalue weighted by Gasteiger charge is 2.12. The van der Waals surface area contributed by atoms with E-state index in [1.165, 1.54) is 17.4 Å². The summed E-state index contributed by atoms with van der Waals surface area (Å²) in [6.45, 7) is 7.78. The third kappa shape index (κ3) is 4.55. The Bertz CT molecular complexity index is 1090. The molecule has 0 spiro atoms. The zero-order valence-electron chi connectivity index (χ0n) is 15.7. The van der Waals surface area contributed by atoms with Gasteiger partial charge in [0.25, 0.3) is 5.56 Å². The standard InChI is InChI=1S/C21H20N2O4S/c1-4-11-26-16-8-5-15(6-9-16)7-10-18(24)27-12-17-22-20(25)19-13(2)14(3)28-21(19)23-17/h4-10H,1,11-12H2,2-3H3,(H,22,23,25)/b10-7+. The van der Waals surface area contributed by atoms with Crippen LogP contribution in [-0.2, 0) is 16.1 Å². The van der Waals surface area contributed by atoms with E-state index >= 15 is 0 Å². The molecule has 0 bridgehead atoms. The second-order valence-corrected chi connectivity index (χ2v) is 7.29. The SMILES string of the molecule is C=CCOc1ccc(/C=C/C(=O)OCc2nc3sc(C)c(C)c3c(=O)[nH]2)cc1. The number of rotatable bonds is 7. The number of aryl methyl sites for hydroxylation is 2. The second kappa shape index (κ2) is 8.67. The van der Waals surface area contributed by atoms with Crippen LogP contribution in [-0.4, -0.2) is 22.5 Å². The fraction of sp³-hybridized carbons (Fsp3) is 0.190. The molecule has 0 saturated carbocycles. The topological polar surface area (TPSA) is 81.3 Å². The van der Waals surface area contributed by atoms with E-state index < -0.39 is 5.97 Å². The van der Waals surface area contributed by atoms with Crippen LogP contribution in [0.15, 0.2) is 47.8 Å². The first-order chi connectivity index (χ1) is 13.5. The lowest BCUT2D eigenvalue weighted by Gasteiger charge is -2.03. The first kappa shape index (κ1) is 19.6. The minimum Gasteiger partial charge on any atom is -0.490 e. The summed E-state index contributed by atoms with van der Waals surface area (Å²) in [4.78, 5) is 32.9. The monoisotopic (exact) mass is 396 g/mol. The number of carbonyl (C=O) groups excluding carboxylic acids is 1. The third-order valence-corrected chi connectivity index (χ3v) is 5.20. The van der Waals surface area contributed by atoms with Gasteiger partial charge in [-0.05, 0) is 43.2 Å². The molecule has 0 amide bonds. The van der Waals surface area contributed by atoms with Gasteiger partial charge >= 0.3 is 5.97 Å². The van der Waals surface area contributed by atoms with E-state index in [4.69, 9.17) is 9.47 Å². The number of H-pyrrole nitrogens is 1. The summed E-state index contributed by atoms with van der Waals surface area (Å²) in [6.07, 6.45) is 4.64. The zero-order chi connectivity index (χ0) is 20.1. The van der Waals surface area contributed by atoms with Crippen molar-refractivity contribution in [3.63, 3.8) is 0 Å². The summed E-state index contributed by atoms with van der Waals surface area (Å²) in [6, 6.07) is 7.28. The lowest BCUT2D eigenvalue weighted by molar-refractivity contribution is -0.139. The number of nitrogens with zero attached hydrogens (tertiary/aromatic N) is 1. The number of esters is 1. The molecule has 0 radical (unpaired) electrons. The lowest BCUT2D eigenvalue weighted by Crippen LogP contribution is -2.13. The van der Waals surface area contributed by atoms with Crippen molar-refractivity contribution in [3.8, 4) is 5.75 Å². The molecule has 0 aliphatic heterocycles. The summed E-state index contributed by atoms with van der Waals surface area (Å²) in [5.41, 5.74) is 1.55. The summed E-state index contributed by atoms with van der Waals surface area (Å²) < 4.78 is 10.6. The number of nitrogens with one attached hydrogen (secondary N) is 1. The minimum atomic E-state index is -0.520. The van der Waals surface area contributed by atoms with E-state index in [9.17, 15) is 9.59 Å². The summed E-state index contributed by atoms with van der Waals surface area (Å²) in [5.74, 6) is 0.529. The maximum Gasteiger partial charge on any atom is 0.331 e. The van der Waals surface area contributed by atoms with Crippen molar-refractivity contribution in [2.24, 2.45) is 0 Å². The Morgan fingerprint density at radius 3 is 2.75 bits per heavy atom. The Labute approximate surface area is 166 Å². The number of thiophene rings is 1. The van der Waals surface area contributed by atoms with E-state index in [0.717, 1.165) is 21.8 Å². The van der Waals surface area contributed by atoms with Crippen LogP contribution in [0.2, 0.25) is 0 Å². The van der Waals surface area contributed by atoms with Crippen LogP contribution in [0.1, 0.15) is 21.8 Å². The minimum absolute atomic E-state index is 0.0985. The van der Waals surface area contributed by atoms with Crippen molar-refractivity contribution >= 4 is 33.6 Å². The first-order valence-corrected chi connectivity index (χ1v) is 9.47. The number of hydrogen-bond donors (Lipinski definition) is 1. The van der Waals surface area contributed by atoms with Gasteiger partial charge in [0, 0.05) is 11.0 Å². The maximum absolute atomic E-state index is 12.2. The third-order valence-electron chi connectivity index (χ3n) is 4.10. The van der Waals surface area contributed by atoms with Gasteiger partial charge in [-0.25, -0.2) is 9.78 Å². The average molecular weight is 396 g/mol. The van der Waals surface area contributed by atoms with Crippen LogP contribution in [0.4, 0.5) is 0 Å². The van der Waals surface area contributed by atoms with Crippen molar-refractivity contribution in [3.05, 3.63) is 75.2 Å². The lowest BCUT2D eigenvalue weighted by atomic mass is 10.2. The highest BCUT2D eigenvalue weighted by molar-refractivity contribution is 7.18. The normalized spacial score (nSPS) is 11.1. The van der Waals surface area contributed by atoms with Crippen LogP contribution in [0.25, 0.3) is 16.3 Å². The van der Waals surface area contributed by atoms with Gasteiger partial charge in [-0.15, -0.1) is 11.3 Å².